The van der Waals surface area contributed by atoms with E-state index in [4.69, 9.17) is 15.7 Å². The summed E-state index contributed by atoms with van der Waals surface area (Å²) in [6.07, 6.45) is 4.16. The molecule has 1 atom stereocenters. The number of hydrogen-bond acceptors (Lipinski definition) is 4. The highest BCUT2D eigenvalue weighted by Crippen LogP contribution is 2.19. The minimum absolute atomic E-state index is 0.163. The second-order valence-electron chi connectivity index (χ2n) is 5.45. The van der Waals surface area contributed by atoms with Crippen molar-refractivity contribution in [2.45, 2.75) is 46.1 Å². The highest BCUT2D eigenvalue weighted by Gasteiger charge is 2.16. The number of nitriles is 1. The molecule has 0 bridgehead atoms. The van der Waals surface area contributed by atoms with Gasteiger partial charge in [0, 0.05) is 18.2 Å². The van der Waals surface area contributed by atoms with E-state index in [1.54, 1.807) is 6.20 Å². The predicted octanol–water partition coefficient (Wildman–Crippen LogP) is 2.68. The van der Waals surface area contributed by atoms with E-state index in [0.717, 1.165) is 24.3 Å². The molecule has 4 heteroatoms. The van der Waals surface area contributed by atoms with E-state index in [1.165, 1.54) is 0 Å². The molecule has 19 heavy (non-hydrogen) atoms. The summed E-state index contributed by atoms with van der Waals surface area (Å²) >= 11 is 0. The third-order valence-electron chi connectivity index (χ3n) is 3.09. The maximum atomic E-state index is 8.91. The molecule has 104 valence electrons. The molecule has 0 saturated carbocycles. The van der Waals surface area contributed by atoms with Gasteiger partial charge in [0.25, 0.3) is 0 Å². The van der Waals surface area contributed by atoms with Crippen LogP contribution in [0.4, 0.5) is 0 Å². The summed E-state index contributed by atoms with van der Waals surface area (Å²) in [4.78, 5) is 4.33. The van der Waals surface area contributed by atoms with Crippen LogP contribution in [0.3, 0.4) is 0 Å². The van der Waals surface area contributed by atoms with E-state index < -0.39 is 0 Å². The molecule has 0 aliphatic rings. The molecule has 0 amide bonds. The van der Waals surface area contributed by atoms with E-state index in [2.05, 4.69) is 18.0 Å². The fourth-order valence-corrected chi connectivity index (χ4v) is 1.51. The van der Waals surface area contributed by atoms with Gasteiger partial charge >= 0.3 is 0 Å². The zero-order valence-corrected chi connectivity index (χ0v) is 12.0. The third kappa shape index (κ3) is 5.71. The molecule has 1 rings (SSSR count). The molecular weight excluding hydrogens is 238 g/mol. The SMILES string of the molecule is CCC(N)Cc1ccc(OCCC(C)(C)C#N)cn1. The molecule has 0 aliphatic heterocycles. The van der Waals surface area contributed by atoms with Crippen LogP contribution in [0.1, 0.15) is 39.3 Å². The number of nitrogens with two attached hydrogens (primary N) is 1. The molecule has 0 saturated heterocycles. The van der Waals surface area contributed by atoms with Crippen LogP contribution >= 0.6 is 0 Å². The first-order chi connectivity index (χ1) is 8.96. The van der Waals surface area contributed by atoms with Crippen LogP contribution in [-0.2, 0) is 6.42 Å². The zero-order chi connectivity index (χ0) is 14.3. The molecule has 0 radical (unpaired) electrons. The number of rotatable bonds is 7. The van der Waals surface area contributed by atoms with Gasteiger partial charge in [-0.1, -0.05) is 6.92 Å². The summed E-state index contributed by atoms with van der Waals surface area (Å²) < 4.78 is 5.59. The maximum Gasteiger partial charge on any atom is 0.137 e. The van der Waals surface area contributed by atoms with E-state index in [0.29, 0.717) is 13.0 Å². The van der Waals surface area contributed by atoms with Crippen molar-refractivity contribution in [2.24, 2.45) is 11.1 Å². The van der Waals surface area contributed by atoms with Crippen molar-refractivity contribution < 1.29 is 4.74 Å². The molecule has 4 nitrogen and oxygen atoms in total. The Kier molecular flexibility index (Phi) is 5.78. The van der Waals surface area contributed by atoms with Gasteiger partial charge in [-0.05, 0) is 38.8 Å². The normalized spacial score (nSPS) is 12.8. The maximum absolute atomic E-state index is 8.91. The third-order valence-corrected chi connectivity index (χ3v) is 3.09. The molecule has 0 aliphatic carbocycles. The van der Waals surface area contributed by atoms with Crippen molar-refractivity contribution in [1.29, 1.82) is 5.26 Å². The lowest BCUT2D eigenvalue weighted by Crippen LogP contribution is -2.21. The van der Waals surface area contributed by atoms with Gasteiger partial charge in [-0.2, -0.15) is 5.26 Å². The number of aromatic nitrogens is 1. The van der Waals surface area contributed by atoms with Crippen LogP contribution in [-0.4, -0.2) is 17.6 Å². The first-order valence-electron chi connectivity index (χ1n) is 6.71. The average molecular weight is 261 g/mol. The van der Waals surface area contributed by atoms with Crippen molar-refractivity contribution in [3.63, 3.8) is 0 Å². The molecule has 0 fully saturated rings. The monoisotopic (exact) mass is 261 g/mol. The highest BCUT2D eigenvalue weighted by molar-refractivity contribution is 5.20. The van der Waals surface area contributed by atoms with E-state index in [1.807, 2.05) is 26.0 Å². The number of pyridine rings is 1. The smallest absolute Gasteiger partial charge is 0.137 e. The quantitative estimate of drug-likeness (QED) is 0.819. The molecule has 2 N–H and O–H groups in total. The van der Waals surface area contributed by atoms with Gasteiger partial charge in [0.05, 0.1) is 24.3 Å². The van der Waals surface area contributed by atoms with Crippen molar-refractivity contribution in [3.05, 3.63) is 24.0 Å². The Bertz CT molecular complexity index is 420. The largest absolute Gasteiger partial charge is 0.492 e. The molecule has 1 heterocycles. The van der Waals surface area contributed by atoms with E-state index in [9.17, 15) is 0 Å². The minimum Gasteiger partial charge on any atom is -0.492 e. The van der Waals surface area contributed by atoms with Crippen LogP contribution < -0.4 is 10.5 Å². The first-order valence-corrected chi connectivity index (χ1v) is 6.71. The Morgan fingerprint density at radius 2 is 2.21 bits per heavy atom. The van der Waals surface area contributed by atoms with Gasteiger partial charge in [-0.15, -0.1) is 0 Å². The zero-order valence-electron chi connectivity index (χ0n) is 12.0. The molecule has 0 aromatic carbocycles. The summed E-state index contributed by atoms with van der Waals surface area (Å²) in [5.74, 6) is 0.738. The lowest BCUT2D eigenvalue weighted by Gasteiger charge is -2.15. The van der Waals surface area contributed by atoms with Gasteiger partial charge in [0.2, 0.25) is 0 Å². The topological polar surface area (TPSA) is 71.9 Å². The van der Waals surface area contributed by atoms with Gasteiger partial charge in [-0.25, -0.2) is 0 Å². The van der Waals surface area contributed by atoms with Crippen molar-refractivity contribution in [1.82, 2.24) is 4.98 Å². The Balaban J connectivity index is 2.43. The molecule has 1 aromatic heterocycles. The summed E-state index contributed by atoms with van der Waals surface area (Å²) in [5, 5.41) is 8.91. The lowest BCUT2D eigenvalue weighted by atomic mass is 9.92. The first kappa shape index (κ1) is 15.5. The Morgan fingerprint density at radius 1 is 1.47 bits per heavy atom. The van der Waals surface area contributed by atoms with Gasteiger partial charge in [0.1, 0.15) is 5.75 Å². The fraction of sp³-hybridized carbons (Fsp3) is 0.600. The van der Waals surface area contributed by atoms with Gasteiger partial charge < -0.3 is 10.5 Å². The Labute approximate surface area is 115 Å². The van der Waals surface area contributed by atoms with Crippen LogP contribution in [0.15, 0.2) is 18.3 Å². The van der Waals surface area contributed by atoms with E-state index >= 15 is 0 Å². The Morgan fingerprint density at radius 3 is 2.74 bits per heavy atom. The van der Waals surface area contributed by atoms with Crippen molar-refractivity contribution in [2.75, 3.05) is 6.61 Å². The van der Waals surface area contributed by atoms with E-state index in [-0.39, 0.29) is 11.5 Å². The van der Waals surface area contributed by atoms with Crippen molar-refractivity contribution in [3.8, 4) is 11.8 Å². The molecular formula is C15H23N3O. The molecule has 1 aromatic rings. The summed E-state index contributed by atoms with van der Waals surface area (Å²) in [7, 11) is 0. The number of hydrogen-bond donors (Lipinski definition) is 1. The van der Waals surface area contributed by atoms with Crippen LogP contribution in [0.2, 0.25) is 0 Å². The fourth-order valence-electron chi connectivity index (χ4n) is 1.51. The molecule has 1 unspecified atom stereocenters. The predicted molar refractivity (Wildman–Crippen MR) is 75.7 cm³/mol. The number of nitrogens with zero attached hydrogens (tertiary/aromatic N) is 2. The molecule has 0 spiro atoms. The van der Waals surface area contributed by atoms with Crippen LogP contribution in [0.5, 0.6) is 5.75 Å². The standard InChI is InChI=1S/C15H23N3O/c1-4-12(17)9-13-5-6-14(10-18-13)19-8-7-15(2,3)11-16/h5-6,10,12H,4,7-9,17H2,1-3H3. The number of ether oxygens (including phenoxy) is 1. The Hall–Kier alpha value is -1.60. The van der Waals surface area contributed by atoms with Crippen LogP contribution in [0.25, 0.3) is 0 Å². The highest BCUT2D eigenvalue weighted by atomic mass is 16.5. The van der Waals surface area contributed by atoms with Gasteiger partial charge in [-0.3, -0.25) is 4.98 Å². The van der Waals surface area contributed by atoms with Crippen LogP contribution in [0, 0.1) is 16.7 Å². The lowest BCUT2D eigenvalue weighted by molar-refractivity contribution is 0.263. The van der Waals surface area contributed by atoms with Gasteiger partial charge in [0.15, 0.2) is 0 Å². The second-order valence-corrected chi connectivity index (χ2v) is 5.45. The minimum atomic E-state index is -0.346. The summed E-state index contributed by atoms with van der Waals surface area (Å²) in [6, 6.07) is 6.27. The summed E-state index contributed by atoms with van der Waals surface area (Å²) in [5.41, 5.74) is 6.52. The second kappa shape index (κ2) is 7.10. The van der Waals surface area contributed by atoms with Crippen molar-refractivity contribution >= 4 is 0 Å². The average Bonchev–Trinajstić information content (AvgIpc) is 2.40. The summed E-state index contributed by atoms with van der Waals surface area (Å²) in [6.45, 7) is 6.41.